The average molecular weight is 564 g/mol. The Labute approximate surface area is 247 Å². The molecule has 0 radical (unpaired) electrons. The Morgan fingerprint density at radius 2 is 0.650 bits per heavy atom. The molecule has 6 rings (SSSR count). The van der Waals surface area contributed by atoms with Crippen molar-refractivity contribution in [3.8, 4) is 68.4 Å². The third kappa shape index (κ3) is 5.11. The number of anilines is 3. The van der Waals surface area contributed by atoms with E-state index in [-0.39, 0.29) is 0 Å². The monoisotopic (exact) mass is 563 g/mol. The van der Waals surface area contributed by atoms with Gasteiger partial charge >= 0.3 is 0 Å². The van der Waals surface area contributed by atoms with Crippen molar-refractivity contribution in [1.29, 1.82) is 0 Å². The second kappa shape index (κ2) is 11.2. The first-order valence-electron chi connectivity index (χ1n) is 12.5. The van der Waals surface area contributed by atoms with Crippen LogP contribution < -0.4 is 4.90 Å². The molecule has 3 aromatic heterocycles. The number of rotatable bonds is 6. The van der Waals surface area contributed by atoms with Gasteiger partial charge in [0.15, 0.2) is 0 Å². The first-order chi connectivity index (χ1) is 19.6. The maximum absolute atomic E-state index is 5.58. The van der Waals surface area contributed by atoms with Gasteiger partial charge in [-0.1, -0.05) is 54.2 Å². The Hall–Kier alpha value is -4.76. The van der Waals surface area contributed by atoms with Gasteiger partial charge in [0.2, 0.25) is 0 Å². The second-order valence-corrected chi connectivity index (χ2v) is 12.2. The molecule has 0 bridgehead atoms. The van der Waals surface area contributed by atoms with Crippen LogP contribution in [0.1, 0.15) is 14.6 Å². The van der Waals surface area contributed by atoms with Gasteiger partial charge in [-0.25, -0.2) is 0 Å². The average Bonchev–Trinajstić information content (AvgIpc) is 3.79. The molecule has 0 saturated carbocycles. The largest absolute Gasteiger partial charge is 0.311 e. The SMILES string of the molecule is C#Cc1ccc(-c2ccc(N(c3ccc(-c4ccc(C#C)s4)cc3)c3ccc(-c4ccc(C#C)s4)cc3)cc2)s1. The summed E-state index contributed by atoms with van der Waals surface area (Å²) in [4.78, 5) is 8.53. The molecule has 4 heteroatoms. The van der Waals surface area contributed by atoms with Crippen molar-refractivity contribution < 1.29 is 0 Å². The molecule has 0 saturated heterocycles. The van der Waals surface area contributed by atoms with Crippen molar-refractivity contribution in [2.45, 2.75) is 0 Å². The molecule has 0 unspecified atom stereocenters. The molecular formula is C36H21NS3. The lowest BCUT2D eigenvalue weighted by molar-refractivity contribution is 1.28. The summed E-state index contributed by atoms with van der Waals surface area (Å²) in [5, 5.41) is 0. The summed E-state index contributed by atoms with van der Waals surface area (Å²) in [6.07, 6.45) is 16.8. The molecule has 0 aliphatic carbocycles. The van der Waals surface area contributed by atoms with Crippen molar-refractivity contribution in [3.63, 3.8) is 0 Å². The van der Waals surface area contributed by atoms with Crippen LogP contribution >= 0.6 is 34.0 Å². The van der Waals surface area contributed by atoms with Crippen molar-refractivity contribution >= 4 is 51.1 Å². The van der Waals surface area contributed by atoms with E-state index in [0.717, 1.165) is 63.0 Å². The Bertz CT molecular complexity index is 1680. The number of hydrogen-bond donors (Lipinski definition) is 0. The van der Waals surface area contributed by atoms with E-state index in [0.29, 0.717) is 0 Å². The molecule has 188 valence electrons. The minimum atomic E-state index is 0.932. The normalized spacial score (nSPS) is 10.4. The van der Waals surface area contributed by atoms with Gasteiger partial charge in [0.25, 0.3) is 0 Å². The molecule has 6 aromatic rings. The molecule has 0 fully saturated rings. The van der Waals surface area contributed by atoms with Gasteiger partial charge in [-0.2, -0.15) is 0 Å². The second-order valence-electron chi connectivity index (χ2n) is 8.90. The Morgan fingerprint density at radius 1 is 0.375 bits per heavy atom. The Kier molecular flexibility index (Phi) is 7.11. The van der Waals surface area contributed by atoms with Gasteiger partial charge in [0.1, 0.15) is 0 Å². The van der Waals surface area contributed by atoms with Crippen LogP contribution in [0.2, 0.25) is 0 Å². The van der Waals surface area contributed by atoms with Gasteiger partial charge < -0.3 is 4.90 Å². The third-order valence-electron chi connectivity index (χ3n) is 6.47. The first kappa shape index (κ1) is 25.5. The molecule has 0 spiro atoms. The van der Waals surface area contributed by atoms with Crippen LogP contribution in [-0.2, 0) is 0 Å². The minimum absolute atomic E-state index is 0.932. The van der Waals surface area contributed by atoms with E-state index in [1.165, 1.54) is 0 Å². The predicted molar refractivity (Wildman–Crippen MR) is 175 cm³/mol. The molecule has 0 aliphatic rings. The van der Waals surface area contributed by atoms with Crippen LogP contribution in [-0.4, -0.2) is 0 Å². The molecule has 0 N–H and O–H groups in total. The highest BCUT2D eigenvalue weighted by Gasteiger charge is 2.14. The summed E-state index contributed by atoms with van der Waals surface area (Å²) in [5.74, 6) is 8.17. The lowest BCUT2D eigenvalue weighted by Crippen LogP contribution is -2.09. The van der Waals surface area contributed by atoms with Gasteiger partial charge in [0.05, 0.1) is 14.6 Å². The number of nitrogens with zero attached hydrogens (tertiary/aromatic N) is 1. The van der Waals surface area contributed by atoms with Crippen LogP contribution in [0.5, 0.6) is 0 Å². The first-order valence-corrected chi connectivity index (χ1v) is 14.9. The smallest absolute Gasteiger partial charge is 0.0772 e. The standard InChI is InChI=1S/C36H21NS3/c1-4-31-19-22-34(38-31)25-7-13-28(14-8-25)37(29-15-9-26(10-16-29)35-23-20-32(5-2)39-35)30-17-11-27(12-18-30)36-24-21-33(6-3)40-36/h1-3,7-24H. The van der Waals surface area contributed by atoms with Crippen molar-refractivity contribution in [2.75, 3.05) is 4.90 Å². The van der Waals surface area contributed by atoms with E-state index in [1.54, 1.807) is 34.0 Å². The summed E-state index contributed by atoms with van der Waals surface area (Å²) >= 11 is 4.88. The molecule has 40 heavy (non-hydrogen) atoms. The summed E-state index contributed by atoms with van der Waals surface area (Å²) in [6, 6.07) is 38.0. The molecule has 3 heterocycles. The molecule has 3 aromatic carbocycles. The molecular weight excluding hydrogens is 543 g/mol. The van der Waals surface area contributed by atoms with Gasteiger partial charge in [-0.15, -0.1) is 53.3 Å². The fraction of sp³-hybridized carbons (Fsp3) is 0. The number of hydrogen-bond acceptors (Lipinski definition) is 4. The third-order valence-corrected chi connectivity index (χ3v) is 9.67. The summed E-state index contributed by atoms with van der Waals surface area (Å²) in [7, 11) is 0. The van der Waals surface area contributed by atoms with E-state index in [1.807, 2.05) is 18.2 Å². The van der Waals surface area contributed by atoms with Crippen LogP contribution in [0, 0.1) is 37.0 Å². The van der Waals surface area contributed by atoms with E-state index in [2.05, 4.69) is 114 Å². The summed E-state index contributed by atoms with van der Waals surface area (Å²) in [6.45, 7) is 0. The topological polar surface area (TPSA) is 3.24 Å². The Morgan fingerprint density at radius 3 is 0.875 bits per heavy atom. The van der Waals surface area contributed by atoms with Gasteiger partial charge in [-0.3, -0.25) is 0 Å². The van der Waals surface area contributed by atoms with Gasteiger partial charge in [0, 0.05) is 31.7 Å². The lowest BCUT2D eigenvalue weighted by Gasteiger charge is -2.26. The van der Waals surface area contributed by atoms with Crippen LogP contribution in [0.15, 0.2) is 109 Å². The number of benzene rings is 3. The predicted octanol–water partition coefficient (Wildman–Crippen LogP) is 10.3. The number of thiophene rings is 3. The van der Waals surface area contributed by atoms with E-state index < -0.39 is 0 Å². The maximum Gasteiger partial charge on any atom is 0.0772 e. The van der Waals surface area contributed by atoms with E-state index >= 15 is 0 Å². The van der Waals surface area contributed by atoms with Crippen molar-refractivity contribution in [3.05, 3.63) is 124 Å². The molecule has 1 nitrogen and oxygen atoms in total. The van der Waals surface area contributed by atoms with Crippen LogP contribution in [0.3, 0.4) is 0 Å². The van der Waals surface area contributed by atoms with Crippen LogP contribution in [0.25, 0.3) is 31.3 Å². The zero-order valence-electron chi connectivity index (χ0n) is 21.3. The highest BCUT2D eigenvalue weighted by atomic mass is 32.1. The fourth-order valence-corrected chi connectivity index (χ4v) is 6.95. The molecule has 0 amide bonds. The van der Waals surface area contributed by atoms with Crippen molar-refractivity contribution in [2.24, 2.45) is 0 Å². The van der Waals surface area contributed by atoms with Crippen molar-refractivity contribution in [1.82, 2.24) is 0 Å². The highest BCUT2D eigenvalue weighted by Crippen LogP contribution is 2.39. The summed E-state index contributed by atoms with van der Waals surface area (Å²) < 4.78 is 0. The van der Waals surface area contributed by atoms with E-state index in [4.69, 9.17) is 19.3 Å². The molecule has 0 atom stereocenters. The summed E-state index contributed by atoms with van der Waals surface area (Å²) in [5.41, 5.74) is 6.62. The zero-order valence-corrected chi connectivity index (χ0v) is 23.7. The highest BCUT2D eigenvalue weighted by molar-refractivity contribution is 7.16. The van der Waals surface area contributed by atoms with Crippen LogP contribution in [0.4, 0.5) is 17.1 Å². The lowest BCUT2D eigenvalue weighted by atomic mass is 10.1. The van der Waals surface area contributed by atoms with Gasteiger partial charge in [-0.05, 0) is 89.5 Å². The maximum atomic E-state index is 5.58. The fourth-order valence-electron chi connectivity index (χ4n) is 4.48. The Balaban J connectivity index is 1.37. The zero-order chi connectivity index (χ0) is 27.5. The molecule has 0 aliphatic heterocycles. The quantitative estimate of drug-likeness (QED) is 0.182. The minimum Gasteiger partial charge on any atom is -0.311 e. The number of terminal acetylenes is 3. The van der Waals surface area contributed by atoms with E-state index in [9.17, 15) is 0 Å².